The van der Waals surface area contributed by atoms with Gasteiger partial charge in [-0.05, 0) is 36.8 Å². The molecule has 2 rings (SSSR count). The fraction of sp³-hybridized carbons (Fsp3) is 0.429. The molecule has 0 aliphatic rings. The molecule has 5 nitrogen and oxygen atoms in total. The Kier molecular flexibility index (Phi) is 4.92. The Morgan fingerprint density at radius 3 is 3.05 bits per heavy atom. The summed E-state index contributed by atoms with van der Waals surface area (Å²) in [6.07, 6.45) is 0.402. The lowest BCUT2D eigenvalue weighted by Gasteiger charge is -2.06. The van der Waals surface area contributed by atoms with Crippen molar-refractivity contribution >= 4 is 29.2 Å². The first kappa shape index (κ1) is 14.7. The third kappa shape index (κ3) is 3.46. The van der Waals surface area contributed by atoms with E-state index >= 15 is 0 Å². The van der Waals surface area contributed by atoms with Gasteiger partial charge in [-0.2, -0.15) is 0 Å². The lowest BCUT2D eigenvalue weighted by Crippen LogP contribution is -2.27. The number of nitrogens with zero attached hydrogens (tertiary/aromatic N) is 1. The van der Waals surface area contributed by atoms with Crippen LogP contribution in [-0.2, 0) is 16.1 Å². The zero-order chi connectivity index (χ0) is 14.5. The van der Waals surface area contributed by atoms with E-state index in [1.807, 2.05) is 23.6 Å². The van der Waals surface area contributed by atoms with Crippen molar-refractivity contribution in [3.8, 4) is 0 Å². The first-order chi connectivity index (χ1) is 9.61. The quantitative estimate of drug-likeness (QED) is 0.634. The topological polar surface area (TPSA) is 59.0 Å². The first-order valence-corrected chi connectivity index (χ1v) is 6.97. The number of imidazole rings is 1. The van der Waals surface area contributed by atoms with Gasteiger partial charge < -0.3 is 19.6 Å². The van der Waals surface area contributed by atoms with Crippen LogP contribution in [0.25, 0.3) is 11.0 Å². The summed E-state index contributed by atoms with van der Waals surface area (Å²) in [5.74, 6) is 0.00551. The van der Waals surface area contributed by atoms with Crippen LogP contribution in [0, 0.1) is 11.7 Å². The van der Waals surface area contributed by atoms with Crippen molar-refractivity contribution < 1.29 is 9.53 Å². The molecular weight excluding hydrogens is 274 g/mol. The number of ether oxygens (including phenoxy) is 1. The van der Waals surface area contributed by atoms with E-state index in [-0.39, 0.29) is 5.91 Å². The minimum Gasteiger partial charge on any atom is -0.383 e. The van der Waals surface area contributed by atoms with Gasteiger partial charge in [0.25, 0.3) is 0 Å². The van der Waals surface area contributed by atoms with Gasteiger partial charge in [-0.1, -0.05) is 6.07 Å². The van der Waals surface area contributed by atoms with Crippen LogP contribution in [-0.4, -0.2) is 35.7 Å². The largest absolute Gasteiger partial charge is 0.383 e. The number of fused-ring (bicyclic) bond motifs is 1. The van der Waals surface area contributed by atoms with Gasteiger partial charge in [0.05, 0.1) is 17.6 Å². The van der Waals surface area contributed by atoms with Gasteiger partial charge in [0.1, 0.15) is 0 Å². The second kappa shape index (κ2) is 6.67. The first-order valence-electron chi connectivity index (χ1n) is 6.56. The molecule has 0 radical (unpaired) electrons. The molecule has 0 bridgehead atoms. The van der Waals surface area contributed by atoms with Crippen molar-refractivity contribution in [2.45, 2.75) is 19.9 Å². The molecule has 6 heteroatoms. The van der Waals surface area contributed by atoms with Crippen LogP contribution < -0.4 is 5.32 Å². The number of rotatable bonds is 6. The Balaban J connectivity index is 2.06. The molecule has 0 aliphatic heterocycles. The van der Waals surface area contributed by atoms with Crippen molar-refractivity contribution in [2.75, 3.05) is 20.3 Å². The minimum absolute atomic E-state index is 0.00551. The summed E-state index contributed by atoms with van der Waals surface area (Å²) >= 11 is 5.31. The molecule has 0 atom stereocenters. The summed E-state index contributed by atoms with van der Waals surface area (Å²) in [4.78, 5) is 14.9. The third-order valence-electron chi connectivity index (χ3n) is 3.12. The maximum atomic E-state index is 11.7. The number of hydrogen-bond donors (Lipinski definition) is 2. The van der Waals surface area contributed by atoms with Crippen molar-refractivity contribution in [2.24, 2.45) is 0 Å². The Labute approximate surface area is 122 Å². The molecule has 1 aromatic carbocycles. The molecule has 1 aromatic heterocycles. The van der Waals surface area contributed by atoms with Crippen LogP contribution in [0.3, 0.4) is 0 Å². The number of carbonyl (C=O) groups excluding carboxylic acids is 1. The molecular formula is C14H19N3O2S. The van der Waals surface area contributed by atoms with Gasteiger partial charge in [-0.25, -0.2) is 0 Å². The Bertz CT molecular complexity index is 660. The fourth-order valence-electron chi connectivity index (χ4n) is 2.08. The Hall–Kier alpha value is -1.66. The van der Waals surface area contributed by atoms with Crippen LogP contribution in [0.4, 0.5) is 0 Å². The van der Waals surface area contributed by atoms with Crippen molar-refractivity contribution in [3.63, 3.8) is 0 Å². The molecule has 0 saturated heterocycles. The highest BCUT2D eigenvalue weighted by Gasteiger charge is 2.07. The zero-order valence-corrected chi connectivity index (χ0v) is 12.5. The highest BCUT2D eigenvalue weighted by molar-refractivity contribution is 7.71. The molecule has 0 unspecified atom stereocenters. The minimum atomic E-state index is 0.00551. The SMILES string of the molecule is COCCNC(=O)CCn1c(=S)[nH]c2ccc(C)cc21. The van der Waals surface area contributed by atoms with Crippen LogP contribution in [0.1, 0.15) is 12.0 Å². The summed E-state index contributed by atoms with van der Waals surface area (Å²) in [5, 5.41) is 2.80. The molecule has 20 heavy (non-hydrogen) atoms. The molecule has 2 N–H and O–H groups in total. The van der Waals surface area contributed by atoms with E-state index in [2.05, 4.69) is 16.4 Å². The summed E-state index contributed by atoms with van der Waals surface area (Å²) in [6.45, 7) is 3.67. The van der Waals surface area contributed by atoms with Crippen LogP contribution >= 0.6 is 12.2 Å². The molecule has 0 saturated carbocycles. The molecule has 108 valence electrons. The average molecular weight is 293 g/mol. The molecule has 2 aromatic rings. The number of aromatic nitrogens is 2. The van der Waals surface area contributed by atoms with E-state index in [0.717, 1.165) is 11.0 Å². The smallest absolute Gasteiger partial charge is 0.221 e. The molecule has 0 spiro atoms. The zero-order valence-electron chi connectivity index (χ0n) is 11.7. The monoisotopic (exact) mass is 293 g/mol. The Morgan fingerprint density at radius 1 is 1.50 bits per heavy atom. The number of benzene rings is 1. The number of amides is 1. The Morgan fingerprint density at radius 2 is 2.30 bits per heavy atom. The number of H-pyrrole nitrogens is 1. The highest BCUT2D eigenvalue weighted by atomic mass is 32.1. The summed E-state index contributed by atoms with van der Waals surface area (Å²) in [7, 11) is 1.61. The van der Waals surface area contributed by atoms with E-state index < -0.39 is 0 Å². The molecule has 0 fully saturated rings. The average Bonchev–Trinajstić information content (AvgIpc) is 2.72. The van der Waals surface area contributed by atoms with Crippen LogP contribution in [0.15, 0.2) is 18.2 Å². The third-order valence-corrected chi connectivity index (χ3v) is 3.44. The summed E-state index contributed by atoms with van der Waals surface area (Å²) < 4.78 is 7.51. The maximum absolute atomic E-state index is 11.7. The summed E-state index contributed by atoms with van der Waals surface area (Å²) in [5.41, 5.74) is 3.21. The maximum Gasteiger partial charge on any atom is 0.221 e. The molecule has 0 aliphatic carbocycles. The van der Waals surface area contributed by atoms with Gasteiger partial charge in [0, 0.05) is 26.6 Å². The number of nitrogens with one attached hydrogen (secondary N) is 2. The molecule has 1 amide bonds. The van der Waals surface area contributed by atoms with Gasteiger partial charge in [0.15, 0.2) is 4.77 Å². The van der Waals surface area contributed by atoms with Crippen molar-refractivity contribution in [1.82, 2.24) is 14.9 Å². The van der Waals surface area contributed by atoms with E-state index in [1.165, 1.54) is 5.56 Å². The van der Waals surface area contributed by atoms with Crippen LogP contribution in [0.2, 0.25) is 0 Å². The van der Waals surface area contributed by atoms with E-state index in [0.29, 0.717) is 30.9 Å². The predicted molar refractivity (Wildman–Crippen MR) is 81.4 cm³/mol. The number of methoxy groups -OCH3 is 1. The van der Waals surface area contributed by atoms with Gasteiger partial charge in [0.2, 0.25) is 5.91 Å². The highest BCUT2D eigenvalue weighted by Crippen LogP contribution is 2.16. The molecule has 1 heterocycles. The predicted octanol–water partition coefficient (Wildman–Crippen LogP) is 2.16. The summed E-state index contributed by atoms with van der Waals surface area (Å²) in [6, 6.07) is 6.12. The number of aryl methyl sites for hydroxylation is 2. The van der Waals surface area contributed by atoms with E-state index in [4.69, 9.17) is 17.0 Å². The second-order valence-corrected chi connectivity index (χ2v) is 5.08. The number of hydrogen-bond acceptors (Lipinski definition) is 3. The van der Waals surface area contributed by atoms with Crippen molar-refractivity contribution in [1.29, 1.82) is 0 Å². The van der Waals surface area contributed by atoms with Gasteiger partial charge >= 0.3 is 0 Å². The normalized spacial score (nSPS) is 10.9. The van der Waals surface area contributed by atoms with Gasteiger partial charge in [-0.15, -0.1) is 0 Å². The van der Waals surface area contributed by atoms with Crippen molar-refractivity contribution in [3.05, 3.63) is 28.5 Å². The fourth-order valence-corrected chi connectivity index (χ4v) is 2.38. The van der Waals surface area contributed by atoms with Crippen LogP contribution in [0.5, 0.6) is 0 Å². The lowest BCUT2D eigenvalue weighted by atomic mass is 10.2. The second-order valence-electron chi connectivity index (χ2n) is 4.70. The van der Waals surface area contributed by atoms with E-state index in [9.17, 15) is 4.79 Å². The van der Waals surface area contributed by atoms with Gasteiger partial charge in [-0.3, -0.25) is 4.79 Å². The lowest BCUT2D eigenvalue weighted by molar-refractivity contribution is -0.121. The number of carbonyl (C=O) groups is 1. The number of aromatic amines is 1. The standard InChI is InChI=1S/C14H19N3O2S/c1-10-3-4-11-12(9-10)17(14(20)16-11)7-5-13(18)15-6-8-19-2/h3-4,9H,5-8H2,1-2H3,(H,15,18)(H,16,20). The van der Waals surface area contributed by atoms with E-state index in [1.54, 1.807) is 7.11 Å².